The molecule has 4 aromatic heterocycles. The quantitative estimate of drug-likeness (QED) is 0.102. The minimum Gasteiger partial charge on any atom is -0.474 e. The highest BCUT2D eigenvalue weighted by Gasteiger charge is 2.43. The lowest BCUT2D eigenvalue weighted by atomic mass is 10.1. The molecule has 5 aliphatic rings. The summed E-state index contributed by atoms with van der Waals surface area (Å²) in [5.41, 5.74) is 0.619. The smallest absolute Gasteiger partial charge is 0.416 e. The molecular weight excluding hydrogens is 1030 g/mol. The average molecular weight is 1080 g/mol. The third-order valence-electron chi connectivity index (χ3n) is 12.9. The van der Waals surface area contributed by atoms with Crippen LogP contribution in [0.4, 0.5) is 70.3 Å². The molecule has 3 saturated heterocycles. The van der Waals surface area contributed by atoms with Gasteiger partial charge in [-0.05, 0) is 51.0 Å². The van der Waals surface area contributed by atoms with E-state index in [9.17, 15) is 41.0 Å². The van der Waals surface area contributed by atoms with Gasteiger partial charge < -0.3 is 49.6 Å². The number of halogens is 6. The minimum atomic E-state index is -4.52. The number of aliphatic hydroxyl groups is 2. The first-order valence-corrected chi connectivity index (χ1v) is 24.1. The van der Waals surface area contributed by atoms with Crippen molar-refractivity contribution in [2.45, 2.75) is 69.1 Å². The van der Waals surface area contributed by atoms with E-state index in [1.807, 2.05) is 18.7 Å². The third kappa shape index (κ3) is 11.7. The van der Waals surface area contributed by atoms with E-state index in [0.29, 0.717) is 74.3 Å². The summed E-state index contributed by atoms with van der Waals surface area (Å²) in [5.74, 6) is 0.325. The molecule has 28 heteroatoms. The molecule has 0 radical (unpaired) electrons. The number of anilines is 6. The largest absolute Gasteiger partial charge is 0.474 e. The first kappa shape index (κ1) is 52.4. The summed E-state index contributed by atoms with van der Waals surface area (Å²) in [4.78, 5) is 51.7. The zero-order valence-corrected chi connectivity index (χ0v) is 40.9. The van der Waals surface area contributed by atoms with Crippen molar-refractivity contribution in [2.75, 3.05) is 82.8 Å². The highest BCUT2D eigenvalue weighted by Crippen LogP contribution is 2.42. The van der Waals surface area contributed by atoms with Crippen LogP contribution in [0.5, 0.6) is 11.8 Å². The van der Waals surface area contributed by atoms with Crippen LogP contribution in [0.15, 0.2) is 85.5 Å². The number of fused-ring (bicyclic) bond motifs is 8. The van der Waals surface area contributed by atoms with Gasteiger partial charge in [0, 0.05) is 49.4 Å². The molecule has 2 aromatic carbocycles. The number of alkyl halides is 6. The van der Waals surface area contributed by atoms with E-state index in [2.05, 4.69) is 55.9 Å². The van der Waals surface area contributed by atoms with Crippen molar-refractivity contribution >= 4 is 46.4 Å². The van der Waals surface area contributed by atoms with Gasteiger partial charge in [0.25, 0.3) is 0 Å². The van der Waals surface area contributed by atoms with E-state index in [4.69, 9.17) is 24.1 Å². The van der Waals surface area contributed by atoms with Crippen LogP contribution in [0.1, 0.15) is 37.8 Å². The molecule has 4 atom stereocenters. The summed E-state index contributed by atoms with van der Waals surface area (Å²) in [6, 6.07) is 11.1. The van der Waals surface area contributed by atoms with Crippen molar-refractivity contribution in [1.29, 1.82) is 0 Å². The zero-order valence-electron chi connectivity index (χ0n) is 40.9. The molecule has 9 heterocycles. The second-order valence-electron chi connectivity index (χ2n) is 18.8. The van der Waals surface area contributed by atoms with Gasteiger partial charge in [-0.15, -0.1) is 10.2 Å². The maximum Gasteiger partial charge on any atom is 0.416 e. The first-order chi connectivity index (χ1) is 36.8. The van der Waals surface area contributed by atoms with Crippen LogP contribution in [0.3, 0.4) is 0 Å². The molecule has 4 bridgehead atoms. The van der Waals surface area contributed by atoms with Gasteiger partial charge in [-0.25, -0.2) is 29.5 Å². The second kappa shape index (κ2) is 21.2. The van der Waals surface area contributed by atoms with E-state index in [1.54, 1.807) is 12.3 Å². The van der Waals surface area contributed by atoms with Crippen LogP contribution >= 0.6 is 0 Å². The standard InChI is InChI=1S/C26H26F3N7O4.C23H22F3N7O4/c1-25(2)39-14-19(40-25)13-38-21-9-17(10-31-34-21)32-24(37)36-18-6-7-35(12-18)20-11-30-22(33-23(20)36)15-4-3-5-16(8-15)26(27,28)29;24-23(25,26)14-3-1-2-13(6-14)20-27-9-18-21(30-20)33(16-4-5-32(18)10-16)22(36)29-15-7-19(31-28-8-15)37-12-17(35)11-34/h3-5,8-11,18-19H,6-7,12-14H2,1-2H3,(H,32,34,37);1-3,6-9,16-17,34-35H,4-5,10-12H2,(H,29,31,36)/t18-,19+;16-,17-/m00/s1. The Balaban J connectivity index is 0.000000175. The SMILES string of the molecule is CC1(C)OC[C@@H](COc2cc(NC(=O)N3c4nc(-c5cccc(C(F)(F)F)c5)ncc4N4CC[C@H]3C4)cnn2)O1.O=C(Nc1cnnc(OC[C@@H](O)CO)c1)N1c2nc(-c3cccc(C(F)(F)F)c3)ncc2N2CC[C@H]1C2. The Morgan fingerprint density at radius 2 is 1.23 bits per heavy atom. The lowest BCUT2D eigenvalue weighted by Crippen LogP contribution is -2.48. The van der Waals surface area contributed by atoms with Gasteiger partial charge in [-0.3, -0.25) is 9.80 Å². The van der Waals surface area contributed by atoms with Gasteiger partial charge in [-0.2, -0.15) is 36.5 Å². The van der Waals surface area contributed by atoms with E-state index < -0.39 is 54.0 Å². The van der Waals surface area contributed by atoms with Gasteiger partial charge in [0.1, 0.15) is 25.4 Å². The minimum absolute atomic E-state index is 0.0329. The number of urea groups is 2. The lowest BCUT2D eigenvalue weighted by Gasteiger charge is -2.35. The number of hydrogen-bond donors (Lipinski definition) is 4. The molecule has 4 N–H and O–H groups in total. The number of ether oxygens (including phenoxy) is 4. The summed E-state index contributed by atoms with van der Waals surface area (Å²) in [7, 11) is 0. The highest BCUT2D eigenvalue weighted by atomic mass is 19.4. The van der Waals surface area contributed by atoms with Gasteiger partial charge in [0.2, 0.25) is 11.8 Å². The van der Waals surface area contributed by atoms with E-state index in [1.165, 1.54) is 58.7 Å². The van der Waals surface area contributed by atoms with Crippen molar-refractivity contribution in [1.82, 2.24) is 40.3 Å². The van der Waals surface area contributed by atoms with Gasteiger partial charge in [0.15, 0.2) is 29.1 Å². The zero-order chi connectivity index (χ0) is 54.2. The van der Waals surface area contributed by atoms with Crippen molar-refractivity contribution in [3.63, 3.8) is 0 Å². The van der Waals surface area contributed by atoms with Crippen LogP contribution in [0.2, 0.25) is 0 Å². The number of carbonyl (C=O) groups excluding carboxylic acids is 2. The molecule has 0 unspecified atom stereocenters. The molecule has 0 spiro atoms. The molecular formula is C49H48F6N14O8. The Labute approximate surface area is 434 Å². The molecule has 5 aliphatic heterocycles. The van der Waals surface area contributed by atoms with Crippen molar-refractivity contribution < 1.29 is 65.1 Å². The predicted molar refractivity (Wildman–Crippen MR) is 262 cm³/mol. The van der Waals surface area contributed by atoms with E-state index in [0.717, 1.165) is 24.3 Å². The van der Waals surface area contributed by atoms with Crippen molar-refractivity contribution in [3.8, 4) is 34.5 Å². The summed E-state index contributed by atoms with van der Waals surface area (Å²) in [6.45, 7) is 6.05. The summed E-state index contributed by atoms with van der Waals surface area (Å²) in [6.07, 6.45) is -3.24. The molecule has 3 fully saturated rings. The topological polar surface area (TPSA) is 252 Å². The van der Waals surface area contributed by atoms with Gasteiger partial charge >= 0.3 is 24.4 Å². The molecule has 0 aliphatic carbocycles. The molecule has 0 saturated carbocycles. The molecule has 4 amide bonds. The second-order valence-corrected chi connectivity index (χ2v) is 18.8. The number of nitrogens with zero attached hydrogens (tertiary/aromatic N) is 12. The average Bonchev–Trinajstić information content (AvgIpc) is 4.16. The highest BCUT2D eigenvalue weighted by molar-refractivity contribution is 6.05. The van der Waals surface area contributed by atoms with Crippen LogP contribution < -0.4 is 39.7 Å². The lowest BCUT2D eigenvalue weighted by molar-refractivity contribution is -0.141. The number of aromatic nitrogens is 8. The molecule has 404 valence electrons. The Hall–Kier alpha value is -8.08. The Morgan fingerprint density at radius 1 is 0.740 bits per heavy atom. The van der Waals surface area contributed by atoms with Crippen molar-refractivity contribution in [2.24, 2.45) is 0 Å². The number of aliphatic hydroxyl groups excluding tert-OH is 2. The fourth-order valence-electron chi connectivity index (χ4n) is 9.29. The molecule has 6 aromatic rings. The van der Waals surface area contributed by atoms with E-state index in [-0.39, 0.29) is 71.6 Å². The Morgan fingerprint density at radius 3 is 1.69 bits per heavy atom. The fraction of sp³-hybridized carbons (Fsp3) is 0.388. The maximum absolute atomic E-state index is 13.6. The molecule has 22 nitrogen and oxygen atoms in total. The third-order valence-corrected chi connectivity index (χ3v) is 12.9. The number of nitrogens with one attached hydrogen (secondary N) is 2. The normalized spacial score (nSPS) is 19.4. The number of carbonyl (C=O) groups is 2. The molecule has 11 rings (SSSR count). The van der Waals surface area contributed by atoms with E-state index >= 15 is 0 Å². The summed E-state index contributed by atoms with van der Waals surface area (Å²) < 4.78 is 102. The van der Waals surface area contributed by atoms with Crippen LogP contribution in [-0.4, -0.2) is 145 Å². The maximum atomic E-state index is 13.6. The van der Waals surface area contributed by atoms with Gasteiger partial charge in [-0.1, -0.05) is 24.3 Å². The fourth-order valence-corrected chi connectivity index (χ4v) is 9.29. The van der Waals surface area contributed by atoms with Crippen LogP contribution in [0.25, 0.3) is 22.8 Å². The number of rotatable bonds is 11. The Bertz CT molecular complexity index is 3160. The Kier molecular flexibility index (Phi) is 14.4. The van der Waals surface area contributed by atoms with Crippen LogP contribution in [0, 0.1) is 0 Å². The first-order valence-electron chi connectivity index (χ1n) is 24.1. The number of amides is 4. The van der Waals surface area contributed by atoms with Gasteiger partial charge in [0.05, 0.1) is 84.0 Å². The molecule has 77 heavy (non-hydrogen) atoms. The van der Waals surface area contributed by atoms with Crippen molar-refractivity contribution in [3.05, 3.63) is 96.6 Å². The van der Waals surface area contributed by atoms with Crippen LogP contribution in [-0.2, 0) is 21.8 Å². The number of hydrogen-bond acceptors (Lipinski definition) is 18. The number of benzene rings is 2. The predicted octanol–water partition coefficient (Wildman–Crippen LogP) is 6.43. The summed E-state index contributed by atoms with van der Waals surface area (Å²) in [5, 5.41) is 39.4. The summed E-state index contributed by atoms with van der Waals surface area (Å²) >= 11 is 0. The monoisotopic (exact) mass is 1070 g/mol.